The molecule has 0 saturated carbocycles. The molecule has 0 aliphatic heterocycles. The number of sulfone groups is 1. The monoisotopic (exact) mass is 477 g/mol. The molecule has 0 unspecified atom stereocenters. The van der Waals surface area contributed by atoms with Crippen LogP contribution in [0.2, 0.25) is 0 Å². The van der Waals surface area contributed by atoms with Gasteiger partial charge in [0.05, 0.1) is 5.75 Å². The van der Waals surface area contributed by atoms with Crippen molar-refractivity contribution in [3.8, 4) is 5.75 Å². The smallest absolute Gasteiger partial charge is 0.420 e. The van der Waals surface area contributed by atoms with Crippen LogP contribution in [0, 0.1) is 0 Å². The topological polar surface area (TPSA) is 118 Å². The molecule has 1 N–H and O–H groups in total. The molecule has 1 aliphatic carbocycles. The summed E-state index contributed by atoms with van der Waals surface area (Å²) in [6, 6.07) is 1.40. The summed E-state index contributed by atoms with van der Waals surface area (Å²) in [5.74, 6) is -5.37. The fourth-order valence-corrected chi connectivity index (χ4v) is 4.09. The van der Waals surface area contributed by atoms with E-state index in [1.54, 1.807) is 0 Å². The zero-order chi connectivity index (χ0) is 24.4. The number of hydrogen-bond donors (Lipinski definition) is 1. The van der Waals surface area contributed by atoms with Gasteiger partial charge in [-0.05, 0) is 18.6 Å². The Kier molecular flexibility index (Phi) is 7.38. The zero-order valence-corrected chi connectivity index (χ0v) is 18.4. The van der Waals surface area contributed by atoms with Crippen LogP contribution in [0.5, 0.6) is 5.75 Å². The summed E-state index contributed by atoms with van der Waals surface area (Å²) in [4.78, 5) is 37.1. The second-order valence-electron chi connectivity index (χ2n) is 7.22. The molecule has 12 heteroatoms. The van der Waals surface area contributed by atoms with Gasteiger partial charge in [-0.2, -0.15) is 13.2 Å². The van der Waals surface area contributed by atoms with Crippen molar-refractivity contribution < 1.29 is 45.8 Å². The van der Waals surface area contributed by atoms with Crippen molar-refractivity contribution in [3.63, 3.8) is 0 Å². The first-order valence-electron chi connectivity index (χ1n) is 9.52. The van der Waals surface area contributed by atoms with Crippen molar-refractivity contribution in [1.82, 2.24) is 4.90 Å². The number of halogens is 3. The van der Waals surface area contributed by atoms with Gasteiger partial charge in [-0.3, -0.25) is 14.4 Å². The van der Waals surface area contributed by atoms with Crippen LogP contribution < -0.4 is 4.74 Å². The number of rotatable bonds is 7. The fourth-order valence-electron chi connectivity index (χ4n) is 3.06. The number of nitrogens with zero attached hydrogens (tertiary/aromatic N) is 1. The molecule has 1 aromatic rings. The van der Waals surface area contributed by atoms with Crippen molar-refractivity contribution in [2.45, 2.75) is 37.3 Å². The molecule has 0 radical (unpaired) electrons. The molecule has 0 heterocycles. The van der Waals surface area contributed by atoms with Gasteiger partial charge >= 0.3 is 6.18 Å². The number of alkyl halides is 3. The van der Waals surface area contributed by atoms with E-state index in [1.165, 1.54) is 21.0 Å². The number of ketones is 2. The number of Topliss-reactive ketones (excluding diaryl/α,β-unsaturated/α-hetero) is 2. The predicted octanol–water partition coefficient (Wildman–Crippen LogP) is 2.71. The number of ether oxygens (including phenoxy) is 1. The standard InChI is InChI=1S/C20H22F3NO7S/c1-4-32(29,30)14-9-8-11(18(28)16-12(25)6-5-7-13(16)26)17(20(21,22)23)19(14)31-10-15(27)24(2)3/h8-9,25H,4-7,10H2,1-3H3. The normalized spacial score (nSPS) is 15.0. The number of aliphatic hydroxyl groups excluding tert-OH is 1. The Bertz CT molecular complexity index is 1090. The summed E-state index contributed by atoms with van der Waals surface area (Å²) >= 11 is 0. The highest BCUT2D eigenvalue weighted by Gasteiger charge is 2.43. The number of allylic oxidation sites excluding steroid dienone is 2. The molecular weight excluding hydrogens is 455 g/mol. The lowest BCUT2D eigenvalue weighted by molar-refractivity contribution is -0.141. The van der Waals surface area contributed by atoms with Crippen molar-refractivity contribution in [2.24, 2.45) is 0 Å². The quantitative estimate of drug-likeness (QED) is 0.474. The van der Waals surface area contributed by atoms with E-state index in [-0.39, 0.29) is 19.3 Å². The van der Waals surface area contributed by atoms with E-state index in [9.17, 15) is 41.1 Å². The number of amides is 1. The molecule has 1 aromatic carbocycles. The summed E-state index contributed by atoms with van der Waals surface area (Å²) in [6.07, 6.45) is -5.23. The SMILES string of the molecule is CCS(=O)(=O)c1ccc(C(=O)C2=C(O)CCCC2=O)c(C(F)(F)F)c1OCC(=O)N(C)C. The minimum atomic E-state index is -5.28. The first-order chi connectivity index (χ1) is 14.7. The maximum Gasteiger partial charge on any atom is 0.420 e. The molecule has 32 heavy (non-hydrogen) atoms. The number of hydrogen-bond acceptors (Lipinski definition) is 7. The highest BCUT2D eigenvalue weighted by Crippen LogP contribution is 2.44. The highest BCUT2D eigenvalue weighted by atomic mass is 32.2. The van der Waals surface area contributed by atoms with Crippen LogP contribution in [0.1, 0.15) is 42.1 Å². The van der Waals surface area contributed by atoms with Crippen LogP contribution in [-0.4, -0.2) is 62.4 Å². The van der Waals surface area contributed by atoms with E-state index in [4.69, 9.17) is 4.74 Å². The number of likely N-dealkylation sites (N-methyl/N-ethyl adjacent to an activating group) is 1. The summed E-state index contributed by atoms with van der Waals surface area (Å²) in [5.41, 5.74) is -3.57. The molecule has 8 nitrogen and oxygen atoms in total. The molecule has 1 amide bonds. The second-order valence-corrected chi connectivity index (χ2v) is 9.47. The lowest BCUT2D eigenvalue weighted by Gasteiger charge is -2.22. The number of benzene rings is 1. The van der Waals surface area contributed by atoms with Crippen LogP contribution in [0.25, 0.3) is 0 Å². The zero-order valence-electron chi connectivity index (χ0n) is 17.6. The molecular formula is C20H22F3NO7S. The largest absolute Gasteiger partial charge is 0.511 e. The van der Waals surface area contributed by atoms with Gasteiger partial charge in [0.1, 0.15) is 21.8 Å². The Morgan fingerprint density at radius 1 is 1.19 bits per heavy atom. The lowest BCUT2D eigenvalue weighted by Crippen LogP contribution is -2.29. The molecule has 176 valence electrons. The molecule has 0 bridgehead atoms. The number of aliphatic hydroxyl groups is 1. The second kappa shape index (κ2) is 9.31. The predicted molar refractivity (Wildman–Crippen MR) is 106 cm³/mol. The summed E-state index contributed by atoms with van der Waals surface area (Å²) < 4.78 is 72.2. The third-order valence-electron chi connectivity index (χ3n) is 4.82. The first-order valence-corrected chi connectivity index (χ1v) is 11.2. The van der Waals surface area contributed by atoms with Gasteiger partial charge in [-0.25, -0.2) is 8.42 Å². The number of carbonyl (C=O) groups excluding carboxylic acids is 3. The molecule has 0 aromatic heterocycles. The third kappa shape index (κ3) is 5.12. The average molecular weight is 477 g/mol. The van der Waals surface area contributed by atoms with Crippen LogP contribution in [0.3, 0.4) is 0 Å². The highest BCUT2D eigenvalue weighted by molar-refractivity contribution is 7.91. The maximum atomic E-state index is 14.1. The Morgan fingerprint density at radius 3 is 2.31 bits per heavy atom. The summed E-state index contributed by atoms with van der Waals surface area (Å²) in [6.45, 7) is 0.285. The van der Waals surface area contributed by atoms with Crippen LogP contribution in [0.4, 0.5) is 13.2 Å². The van der Waals surface area contributed by atoms with Gasteiger partial charge in [-0.1, -0.05) is 6.92 Å². The molecule has 0 saturated heterocycles. The minimum absolute atomic E-state index is 0.0584. The van der Waals surface area contributed by atoms with Crippen molar-refractivity contribution in [1.29, 1.82) is 0 Å². The Labute approximate surface area is 182 Å². The minimum Gasteiger partial charge on any atom is -0.511 e. The molecule has 0 atom stereocenters. The van der Waals surface area contributed by atoms with Gasteiger partial charge < -0.3 is 14.7 Å². The molecule has 1 aliphatic rings. The first kappa shape index (κ1) is 25.4. The van der Waals surface area contributed by atoms with E-state index < -0.39 is 79.0 Å². The van der Waals surface area contributed by atoms with Gasteiger partial charge in [0.2, 0.25) is 5.78 Å². The fraction of sp³-hybridized carbons (Fsp3) is 0.450. The van der Waals surface area contributed by atoms with E-state index >= 15 is 0 Å². The van der Waals surface area contributed by atoms with Crippen molar-refractivity contribution in [3.05, 3.63) is 34.6 Å². The van der Waals surface area contributed by atoms with Gasteiger partial charge in [-0.15, -0.1) is 0 Å². The number of carbonyl (C=O) groups is 3. The Hall–Kier alpha value is -2.89. The maximum absolute atomic E-state index is 14.1. The van der Waals surface area contributed by atoms with Gasteiger partial charge in [0.25, 0.3) is 5.91 Å². The molecule has 0 spiro atoms. The van der Waals surface area contributed by atoms with Crippen LogP contribution >= 0.6 is 0 Å². The van der Waals surface area contributed by atoms with Crippen LogP contribution in [0.15, 0.2) is 28.4 Å². The van der Waals surface area contributed by atoms with Gasteiger partial charge in [0, 0.05) is 32.5 Å². The van der Waals surface area contributed by atoms with Crippen molar-refractivity contribution in [2.75, 3.05) is 26.5 Å². The summed E-state index contributed by atoms with van der Waals surface area (Å²) in [7, 11) is -1.61. The van der Waals surface area contributed by atoms with Crippen LogP contribution in [-0.2, 0) is 25.6 Å². The van der Waals surface area contributed by atoms with E-state index in [0.29, 0.717) is 6.07 Å². The lowest BCUT2D eigenvalue weighted by atomic mass is 9.88. The van der Waals surface area contributed by atoms with E-state index in [0.717, 1.165) is 11.0 Å². The molecule has 0 fully saturated rings. The van der Waals surface area contributed by atoms with E-state index in [1.807, 2.05) is 0 Å². The summed E-state index contributed by atoms with van der Waals surface area (Å²) in [5, 5.41) is 9.97. The van der Waals surface area contributed by atoms with E-state index in [2.05, 4.69) is 0 Å². The van der Waals surface area contributed by atoms with Gasteiger partial charge in [0.15, 0.2) is 28.0 Å². The Balaban J connectivity index is 2.82. The average Bonchev–Trinajstić information content (AvgIpc) is 2.69. The van der Waals surface area contributed by atoms with Crippen molar-refractivity contribution >= 4 is 27.3 Å². The Morgan fingerprint density at radius 2 is 1.81 bits per heavy atom. The third-order valence-corrected chi connectivity index (χ3v) is 6.57. The molecule has 2 rings (SSSR count).